The van der Waals surface area contributed by atoms with Gasteiger partial charge in [-0.2, -0.15) is 0 Å². The molecule has 0 spiro atoms. The second-order valence-corrected chi connectivity index (χ2v) is 14.0. The van der Waals surface area contributed by atoms with Gasteiger partial charge in [-0.1, -0.05) is 186 Å². The second-order valence-electron chi connectivity index (χ2n) is 14.0. The third kappa shape index (κ3) is 27.2. The standard InChI is InChI=1S/C40H75NO7/c1-3-5-7-9-11-13-15-17-19-21-23-25-27-29-33-45-35-37(36-47-40(44)48-41-38(42)31-32-39(41)43)46-34-30-28-26-24-22-20-18-16-14-12-10-8-6-4-2/h37H,3-36H2,1-2H3/t37-/m1/s1. The topological polar surface area (TPSA) is 91.4 Å². The molecule has 1 rings (SSSR count). The van der Waals surface area contributed by atoms with E-state index in [-0.39, 0.29) is 19.4 Å². The summed E-state index contributed by atoms with van der Waals surface area (Å²) in [5.41, 5.74) is 0. The minimum Gasteiger partial charge on any atom is -0.430 e. The average Bonchev–Trinajstić information content (AvgIpc) is 3.40. The molecule has 0 bridgehead atoms. The molecule has 0 aromatic carbocycles. The van der Waals surface area contributed by atoms with Crippen molar-refractivity contribution in [1.82, 2.24) is 5.06 Å². The number of carbonyl (C=O) groups excluding carboxylic acids is 3. The Labute approximate surface area is 295 Å². The largest absolute Gasteiger partial charge is 0.534 e. The molecule has 1 saturated heterocycles. The lowest BCUT2D eigenvalue weighted by Gasteiger charge is -2.19. The highest BCUT2D eigenvalue weighted by Gasteiger charge is 2.33. The Bertz CT molecular complexity index is 746. The third-order valence-corrected chi connectivity index (χ3v) is 9.36. The number of imide groups is 1. The molecule has 8 heteroatoms. The predicted octanol–water partition coefficient (Wildman–Crippen LogP) is 11.6. The van der Waals surface area contributed by atoms with E-state index in [0.29, 0.717) is 24.9 Å². The van der Waals surface area contributed by atoms with Crippen LogP contribution >= 0.6 is 0 Å². The summed E-state index contributed by atoms with van der Waals surface area (Å²) in [5.74, 6) is -1.06. The molecule has 2 amide bonds. The number of ether oxygens (including phenoxy) is 3. The molecule has 1 aliphatic heterocycles. The van der Waals surface area contributed by atoms with Gasteiger partial charge >= 0.3 is 6.16 Å². The summed E-state index contributed by atoms with van der Waals surface area (Å²) in [6.07, 6.45) is 35.3. The van der Waals surface area contributed by atoms with E-state index >= 15 is 0 Å². The zero-order valence-electron chi connectivity index (χ0n) is 31.4. The van der Waals surface area contributed by atoms with E-state index in [1.807, 2.05) is 0 Å². The van der Waals surface area contributed by atoms with Crippen LogP contribution in [0.1, 0.15) is 206 Å². The van der Waals surface area contributed by atoms with Gasteiger partial charge in [-0.3, -0.25) is 14.4 Å². The fourth-order valence-corrected chi connectivity index (χ4v) is 6.22. The summed E-state index contributed by atoms with van der Waals surface area (Å²) in [4.78, 5) is 40.4. The monoisotopic (exact) mass is 682 g/mol. The van der Waals surface area contributed by atoms with Crippen molar-refractivity contribution >= 4 is 18.0 Å². The smallest absolute Gasteiger partial charge is 0.430 e. The number of unbranched alkanes of at least 4 members (excludes halogenated alkanes) is 26. The van der Waals surface area contributed by atoms with Crippen LogP contribution < -0.4 is 0 Å². The maximum Gasteiger partial charge on any atom is 0.534 e. The van der Waals surface area contributed by atoms with Gasteiger partial charge in [-0.05, 0) is 12.8 Å². The van der Waals surface area contributed by atoms with Crippen LogP contribution in [-0.2, 0) is 28.6 Å². The van der Waals surface area contributed by atoms with Crippen LogP contribution in [0.2, 0.25) is 0 Å². The van der Waals surface area contributed by atoms with Gasteiger partial charge in [0, 0.05) is 26.1 Å². The maximum absolute atomic E-state index is 12.1. The Balaban J connectivity index is 2.14. The highest BCUT2D eigenvalue weighted by atomic mass is 16.8. The highest BCUT2D eigenvalue weighted by molar-refractivity contribution is 6.01. The van der Waals surface area contributed by atoms with E-state index in [2.05, 4.69) is 13.8 Å². The van der Waals surface area contributed by atoms with Crippen molar-refractivity contribution in [3.8, 4) is 0 Å². The molecule has 0 N–H and O–H groups in total. The van der Waals surface area contributed by atoms with Crippen LogP contribution in [0.4, 0.5) is 4.79 Å². The first-order valence-electron chi connectivity index (χ1n) is 20.5. The lowest BCUT2D eigenvalue weighted by atomic mass is 10.0. The lowest BCUT2D eigenvalue weighted by molar-refractivity contribution is -0.178. The van der Waals surface area contributed by atoms with Crippen LogP contribution in [-0.4, -0.2) is 55.6 Å². The molecule has 0 radical (unpaired) electrons. The Morgan fingerprint density at radius 3 is 1.27 bits per heavy atom. The minimum atomic E-state index is -1.07. The van der Waals surface area contributed by atoms with Gasteiger partial charge in [-0.25, -0.2) is 4.79 Å². The van der Waals surface area contributed by atoms with Gasteiger partial charge in [0.1, 0.15) is 12.7 Å². The molecule has 1 aliphatic rings. The van der Waals surface area contributed by atoms with E-state index in [9.17, 15) is 14.4 Å². The molecule has 0 aromatic rings. The molecule has 0 saturated carbocycles. The van der Waals surface area contributed by atoms with E-state index < -0.39 is 24.1 Å². The fourth-order valence-electron chi connectivity index (χ4n) is 6.22. The van der Waals surface area contributed by atoms with Crippen LogP contribution in [0.3, 0.4) is 0 Å². The van der Waals surface area contributed by atoms with Crippen LogP contribution in [0.25, 0.3) is 0 Å². The molecule has 1 fully saturated rings. The summed E-state index contributed by atoms with van der Waals surface area (Å²) in [6.45, 7) is 6.04. The molecular weight excluding hydrogens is 606 g/mol. The van der Waals surface area contributed by atoms with Gasteiger partial charge in [0.15, 0.2) is 0 Å². The number of hydrogen-bond acceptors (Lipinski definition) is 7. The molecule has 8 nitrogen and oxygen atoms in total. The molecule has 0 aromatic heterocycles. The van der Waals surface area contributed by atoms with Crippen LogP contribution in [0.15, 0.2) is 0 Å². The maximum atomic E-state index is 12.1. The lowest BCUT2D eigenvalue weighted by Crippen LogP contribution is -2.34. The summed E-state index contributed by atoms with van der Waals surface area (Å²) >= 11 is 0. The van der Waals surface area contributed by atoms with Gasteiger partial charge in [-0.15, -0.1) is 0 Å². The van der Waals surface area contributed by atoms with Crippen molar-refractivity contribution in [1.29, 1.82) is 0 Å². The van der Waals surface area contributed by atoms with Gasteiger partial charge in [0.25, 0.3) is 11.8 Å². The Morgan fingerprint density at radius 1 is 0.521 bits per heavy atom. The normalized spacial score (nSPS) is 13.8. The summed E-state index contributed by atoms with van der Waals surface area (Å²) in [6, 6.07) is 0. The minimum absolute atomic E-state index is 0.0458. The number of rotatable bonds is 36. The van der Waals surface area contributed by atoms with E-state index in [0.717, 1.165) is 25.7 Å². The van der Waals surface area contributed by atoms with E-state index in [4.69, 9.17) is 19.0 Å². The number of hydroxylamine groups is 2. The van der Waals surface area contributed by atoms with Crippen molar-refractivity contribution in [3.63, 3.8) is 0 Å². The zero-order valence-corrected chi connectivity index (χ0v) is 31.4. The highest BCUT2D eigenvalue weighted by Crippen LogP contribution is 2.16. The van der Waals surface area contributed by atoms with Gasteiger partial charge in [0.05, 0.1) is 6.61 Å². The summed E-state index contributed by atoms with van der Waals surface area (Å²) < 4.78 is 17.1. The number of hydrogen-bond donors (Lipinski definition) is 0. The first kappa shape index (κ1) is 44.4. The first-order valence-corrected chi connectivity index (χ1v) is 20.5. The van der Waals surface area contributed by atoms with Crippen molar-refractivity contribution in [2.45, 2.75) is 213 Å². The van der Waals surface area contributed by atoms with Crippen molar-refractivity contribution in [2.24, 2.45) is 0 Å². The molecule has 1 heterocycles. The number of nitrogens with zero attached hydrogens (tertiary/aromatic N) is 1. The van der Waals surface area contributed by atoms with Gasteiger partial charge in [0.2, 0.25) is 0 Å². The molecule has 282 valence electrons. The van der Waals surface area contributed by atoms with E-state index in [1.165, 1.54) is 154 Å². The molecule has 1 atom stereocenters. The Hall–Kier alpha value is -1.67. The fraction of sp³-hybridized carbons (Fsp3) is 0.925. The van der Waals surface area contributed by atoms with Crippen molar-refractivity contribution < 1.29 is 33.4 Å². The van der Waals surface area contributed by atoms with Crippen molar-refractivity contribution in [2.75, 3.05) is 26.4 Å². The zero-order chi connectivity index (χ0) is 34.8. The molecule has 0 unspecified atom stereocenters. The van der Waals surface area contributed by atoms with Crippen LogP contribution in [0, 0.1) is 0 Å². The molecular formula is C40H75NO7. The quantitative estimate of drug-likeness (QED) is 0.0369. The predicted molar refractivity (Wildman–Crippen MR) is 195 cm³/mol. The number of amides is 2. The van der Waals surface area contributed by atoms with Gasteiger partial charge < -0.3 is 14.2 Å². The third-order valence-electron chi connectivity index (χ3n) is 9.36. The van der Waals surface area contributed by atoms with Crippen molar-refractivity contribution in [3.05, 3.63) is 0 Å². The molecule has 48 heavy (non-hydrogen) atoms. The Morgan fingerprint density at radius 2 is 0.875 bits per heavy atom. The number of carbonyl (C=O) groups is 3. The second kappa shape index (κ2) is 33.8. The van der Waals surface area contributed by atoms with Crippen LogP contribution in [0.5, 0.6) is 0 Å². The first-order chi connectivity index (χ1) is 23.6. The Kier molecular flexibility index (Phi) is 31.2. The average molecular weight is 682 g/mol. The summed E-state index contributed by atoms with van der Waals surface area (Å²) in [7, 11) is 0. The van der Waals surface area contributed by atoms with E-state index in [1.54, 1.807) is 0 Å². The SMILES string of the molecule is CCCCCCCCCCCCCCCCOC[C@H](COC(=O)ON1C(=O)CCC1=O)OCCCCCCCCCCCCCCCC. The summed E-state index contributed by atoms with van der Waals surface area (Å²) in [5, 5.41) is 0.499. The molecule has 0 aliphatic carbocycles.